The standard InChI is InChI=1S/C14H19N3O4/c1-2-5-14(13(18)19)6-8-16(9-7-14)11-3-4-12(15-10-11)17(20)21/h3-4,10H,2,5-9H2,1H3,(H,18,19). The monoisotopic (exact) mass is 293 g/mol. The minimum Gasteiger partial charge on any atom is -0.481 e. The number of nitrogens with zero attached hydrogens (tertiary/aromatic N) is 3. The predicted molar refractivity (Wildman–Crippen MR) is 77.3 cm³/mol. The van der Waals surface area contributed by atoms with E-state index < -0.39 is 16.3 Å². The molecule has 0 saturated carbocycles. The number of aromatic nitrogens is 1. The molecule has 0 bridgehead atoms. The minimum atomic E-state index is -0.717. The molecule has 0 aromatic carbocycles. The molecule has 2 rings (SSSR count). The Bertz CT molecular complexity index is 522. The zero-order valence-electron chi connectivity index (χ0n) is 12.0. The number of hydrogen-bond donors (Lipinski definition) is 1. The molecule has 1 aromatic rings. The van der Waals surface area contributed by atoms with Gasteiger partial charge in [-0.1, -0.05) is 13.3 Å². The van der Waals surface area contributed by atoms with E-state index in [9.17, 15) is 20.0 Å². The van der Waals surface area contributed by atoms with Crippen LogP contribution in [0.1, 0.15) is 32.6 Å². The van der Waals surface area contributed by atoms with Gasteiger partial charge >= 0.3 is 11.8 Å². The summed E-state index contributed by atoms with van der Waals surface area (Å²) in [6.07, 6.45) is 4.20. The molecule has 1 saturated heterocycles. The van der Waals surface area contributed by atoms with Crippen molar-refractivity contribution in [3.8, 4) is 0 Å². The number of aliphatic carboxylic acids is 1. The molecule has 0 unspecified atom stereocenters. The van der Waals surface area contributed by atoms with E-state index in [-0.39, 0.29) is 5.82 Å². The number of carboxylic acid groups (broad SMARTS) is 1. The second-order valence-corrected chi connectivity index (χ2v) is 5.45. The van der Waals surface area contributed by atoms with Gasteiger partial charge < -0.3 is 20.1 Å². The summed E-state index contributed by atoms with van der Waals surface area (Å²) < 4.78 is 0. The van der Waals surface area contributed by atoms with E-state index in [0.717, 1.165) is 12.1 Å². The fraction of sp³-hybridized carbons (Fsp3) is 0.571. The molecule has 7 heteroatoms. The Morgan fingerprint density at radius 3 is 2.57 bits per heavy atom. The zero-order valence-corrected chi connectivity index (χ0v) is 12.0. The van der Waals surface area contributed by atoms with Crippen molar-refractivity contribution >= 4 is 17.5 Å². The fourth-order valence-electron chi connectivity index (χ4n) is 2.92. The minimum absolute atomic E-state index is 0.179. The van der Waals surface area contributed by atoms with Gasteiger partial charge in [0.05, 0.1) is 11.1 Å². The Morgan fingerprint density at radius 1 is 1.48 bits per heavy atom. The molecule has 1 aliphatic heterocycles. The number of nitro groups is 1. The number of carboxylic acids is 1. The average Bonchev–Trinajstić information content (AvgIpc) is 2.48. The van der Waals surface area contributed by atoms with Crippen molar-refractivity contribution in [3.63, 3.8) is 0 Å². The molecule has 2 heterocycles. The summed E-state index contributed by atoms with van der Waals surface area (Å²) in [5.41, 5.74) is 0.176. The highest BCUT2D eigenvalue weighted by Crippen LogP contribution is 2.37. The van der Waals surface area contributed by atoms with Crippen LogP contribution in [0.2, 0.25) is 0 Å². The number of carbonyl (C=O) groups is 1. The van der Waals surface area contributed by atoms with Crippen molar-refractivity contribution in [1.82, 2.24) is 4.98 Å². The molecule has 0 aliphatic carbocycles. The van der Waals surface area contributed by atoms with Gasteiger partial charge in [0.2, 0.25) is 0 Å². The molecular weight excluding hydrogens is 274 g/mol. The average molecular weight is 293 g/mol. The maximum absolute atomic E-state index is 11.5. The summed E-state index contributed by atoms with van der Waals surface area (Å²) in [4.78, 5) is 27.4. The van der Waals surface area contributed by atoms with Crippen LogP contribution in [0.25, 0.3) is 0 Å². The Balaban J connectivity index is 2.06. The molecule has 0 atom stereocenters. The van der Waals surface area contributed by atoms with Gasteiger partial charge in [-0.2, -0.15) is 0 Å². The highest BCUT2D eigenvalue weighted by atomic mass is 16.6. The van der Waals surface area contributed by atoms with Crippen LogP contribution in [0.15, 0.2) is 18.3 Å². The van der Waals surface area contributed by atoms with E-state index in [1.165, 1.54) is 12.3 Å². The van der Waals surface area contributed by atoms with Crippen LogP contribution >= 0.6 is 0 Å². The second-order valence-electron chi connectivity index (χ2n) is 5.45. The number of anilines is 1. The number of pyridine rings is 1. The Morgan fingerprint density at radius 2 is 2.14 bits per heavy atom. The number of hydrogen-bond acceptors (Lipinski definition) is 5. The Kier molecular flexibility index (Phi) is 4.40. The zero-order chi connectivity index (χ0) is 15.5. The summed E-state index contributed by atoms with van der Waals surface area (Å²) in [5.74, 6) is -0.896. The maximum atomic E-state index is 11.5. The lowest BCUT2D eigenvalue weighted by Crippen LogP contribution is -2.44. The summed E-state index contributed by atoms with van der Waals surface area (Å²) in [7, 11) is 0. The number of rotatable bonds is 5. The Labute approximate surface area is 122 Å². The summed E-state index contributed by atoms with van der Waals surface area (Å²) in [5, 5.41) is 20.1. The van der Waals surface area contributed by atoms with Crippen LogP contribution in [0, 0.1) is 15.5 Å². The van der Waals surface area contributed by atoms with Gasteiger partial charge in [0.25, 0.3) is 0 Å². The quantitative estimate of drug-likeness (QED) is 0.661. The van der Waals surface area contributed by atoms with Gasteiger partial charge in [-0.05, 0) is 35.2 Å². The first-order valence-electron chi connectivity index (χ1n) is 7.07. The lowest BCUT2D eigenvalue weighted by Gasteiger charge is -2.39. The molecule has 1 fully saturated rings. The molecule has 114 valence electrons. The van der Waals surface area contributed by atoms with Crippen LogP contribution in [-0.4, -0.2) is 34.1 Å². The molecule has 0 spiro atoms. The van der Waals surface area contributed by atoms with Crippen molar-refractivity contribution in [2.75, 3.05) is 18.0 Å². The first-order chi connectivity index (χ1) is 9.98. The SMILES string of the molecule is CCCC1(C(=O)O)CCN(c2ccc([N+](=O)[O-])nc2)CC1. The van der Waals surface area contributed by atoms with Crippen LogP contribution in [0.5, 0.6) is 0 Å². The van der Waals surface area contributed by atoms with Crippen molar-refractivity contribution in [2.24, 2.45) is 5.41 Å². The summed E-state index contributed by atoms with van der Waals surface area (Å²) in [6, 6.07) is 3.04. The molecule has 0 radical (unpaired) electrons. The van der Waals surface area contributed by atoms with E-state index >= 15 is 0 Å². The lowest BCUT2D eigenvalue weighted by atomic mass is 9.75. The van der Waals surface area contributed by atoms with Crippen molar-refractivity contribution in [1.29, 1.82) is 0 Å². The van der Waals surface area contributed by atoms with Gasteiger partial charge in [-0.3, -0.25) is 4.79 Å². The Hall–Kier alpha value is -2.18. The summed E-state index contributed by atoms with van der Waals surface area (Å²) in [6.45, 7) is 3.26. The van der Waals surface area contributed by atoms with Crippen LogP contribution in [0.4, 0.5) is 11.5 Å². The topological polar surface area (TPSA) is 96.6 Å². The van der Waals surface area contributed by atoms with Gasteiger partial charge in [0, 0.05) is 19.2 Å². The van der Waals surface area contributed by atoms with E-state index in [0.29, 0.717) is 32.4 Å². The largest absolute Gasteiger partial charge is 0.481 e. The predicted octanol–water partition coefficient (Wildman–Crippen LogP) is 2.46. The maximum Gasteiger partial charge on any atom is 0.363 e. The molecule has 21 heavy (non-hydrogen) atoms. The van der Waals surface area contributed by atoms with Gasteiger partial charge in [-0.15, -0.1) is 0 Å². The van der Waals surface area contributed by atoms with Gasteiger partial charge in [-0.25, -0.2) is 0 Å². The second kappa shape index (κ2) is 6.07. The molecule has 1 aliphatic rings. The normalized spacial score (nSPS) is 17.5. The molecule has 0 amide bonds. The molecule has 1 N–H and O–H groups in total. The smallest absolute Gasteiger partial charge is 0.363 e. The van der Waals surface area contributed by atoms with Crippen LogP contribution in [-0.2, 0) is 4.79 Å². The third-order valence-corrected chi connectivity index (χ3v) is 4.19. The van der Waals surface area contributed by atoms with Crippen molar-refractivity contribution < 1.29 is 14.8 Å². The lowest BCUT2D eigenvalue weighted by molar-refractivity contribution is -0.389. The van der Waals surface area contributed by atoms with Crippen molar-refractivity contribution in [2.45, 2.75) is 32.6 Å². The third kappa shape index (κ3) is 3.12. The third-order valence-electron chi connectivity index (χ3n) is 4.19. The van der Waals surface area contributed by atoms with E-state index in [1.54, 1.807) is 6.07 Å². The molecule has 7 nitrogen and oxygen atoms in total. The fourth-order valence-corrected chi connectivity index (χ4v) is 2.92. The highest BCUT2D eigenvalue weighted by Gasteiger charge is 2.40. The first kappa shape index (κ1) is 15.2. The number of piperidine rings is 1. The van der Waals surface area contributed by atoms with Gasteiger partial charge in [0.15, 0.2) is 6.20 Å². The highest BCUT2D eigenvalue weighted by molar-refractivity contribution is 5.75. The van der Waals surface area contributed by atoms with E-state index in [4.69, 9.17) is 0 Å². The van der Waals surface area contributed by atoms with Crippen LogP contribution in [0.3, 0.4) is 0 Å². The van der Waals surface area contributed by atoms with Crippen molar-refractivity contribution in [3.05, 3.63) is 28.4 Å². The van der Waals surface area contributed by atoms with E-state index in [1.807, 2.05) is 11.8 Å². The summed E-state index contributed by atoms with van der Waals surface area (Å²) >= 11 is 0. The van der Waals surface area contributed by atoms with E-state index in [2.05, 4.69) is 4.98 Å². The van der Waals surface area contributed by atoms with Gasteiger partial charge in [0.1, 0.15) is 0 Å². The molecular formula is C14H19N3O4. The molecule has 1 aromatic heterocycles. The van der Waals surface area contributed by atoms with Crippen LogP contribution < -0.4 is 4.90 Å². The first-order valence-corrected chi connectivity index (χ1v) is 7.07.